The zero-order valence-corrected chi connectivity index (χ0v) is 8.28. The number of rotatable bonds is 3. The fourth-order valence-electron chi connectivity index (χ4n) is 2.29. The van der Waals surface area contributed by atoms with E-state index in [1.807, 2.05) is 0 Å². The number of carboxylic acids is 1. The van der Waals surface area contributed by atoms with Gasteiger partial charge >= 0.3 is 5.97 Å². The van der Waals surface area contributed by atoms with Crippen LogP contribution >= 0.6 is 0 Å². The first kappa shape index (κ1) is 11.4. The monoisotopic (exact) mass is 202 g/mol. The number of nitrogens with zero attached hydrogens (tertiary/aromatic N) is 2. The average Bonchev–Trinajstić information content (AvgIpc) is 2.17. The Labute approximate surface area is 83.6 Å². The molecule has 1 unspecified atom stereocenters. The zero-order valence-electron chi connectivity index (χ0n) is 8.28. The van der Waals surface area contributed by atoms with Crippen LogP contribution in [0, 0.1) is 0 Å². The van der Waals surface area contributed by atoms with Crippen LogP contribution < -0.4 is 0 Å². The molecule has 3 aliphatic rings. The smallest absolute Gasteiger partial charge is 0.303 e. The Kier molecular flexibility index (Phi) is 3.86. The van der Waals surface area contributed by atoms with E-state index in [1.165, 1.54) is 13.1 Å². The van der Waals surface area contributed by atoms with Crippen molar-refractivity contribution in [1.29, 1.82) is 0 Å². The minimum absolute atomic E-state index is 0. The van der Waals surface area contributed by atoms with Gasteiger partial charge < -0.3 is 10.6 Å². The minimum Gasteiger partial charge on any atom is -0.481 e. The molecule has 3 aliphatic heterocycles. The van der Waals surface area contributed by atoms with Crippen molar-refractivity contribution in [1.82, 2.24) is 9.80 Å². The van der Waals surface area contributed by atoms with E-state index in [0.29, 0.717) is 12.5 Å². The maximum absolute atomic E-state index is 10.4. The lowest BCUT2D eigenvalue weighted by atomic mass is 10.0. The van der Waals surface area contributed by atoms with E-state index in [9.17, 15) is 4.79 Å². The molecule has 0 aliphatic carbocycles. The molecule has 0 spiro atoms. The molecule has 3 saturated heterocycles. The van der Waals surface area contributed by atoms with Crippen molar-refractivity contribution in [3.05, 3.63) is 0 Å². The molecular formula is C9H18N2O3. The van der Waals surface area contributed by atoms with Gasteiger partial charge in [0.25, 0.3) is 0 Å². The van der Waals surface area contributed by atoms with Gasteiger partial charge in [-0.3, -0.25) is 14.6 Å². The molecule has 0 radical (unpaired) electrons. The highest BCUT2D eigenvalue weighted by atomic mass is 16.4. The molecule has 82 valence electrons. The maximum Gasteiger partial charge on any atom is 0.303 e. The normalized spacial score (nSPS) is 35.0. The predicted molar refractivity (Wildman–Crippen MR) is 52.3 cm³/mol. The summed E-state index contributed by atoms with van der Waals surface area (Å²) in [6.45, 7) is 5.68. The lowest BCUT2D eigenvalue weighted by molar-refractivity contribution is -0.137. The van der Waals surface area contributed by atoms with Crippen molar-refractivity contribution in [2.24, 2.45) is 0 Å². The van der Waals surface area contributed by atoms with Gasteiger partial charge in [-0.2, -0.15) is 0 Å². The molecule has 3 rings (SSSR count). The second-order valence-electron chi connectivity index (χ2n) is 3.92. The Balaban J connectivity index is 0.000000980. The predicted octanol–water partition coefficient (Wildman–Crippen LogP) is -0.974. The minimum atomic E-state index is -0.669. The molecule has 14 heavy (non-hydrogen) atoms. The standard InChI is InChI=1S/C9H16N2O2.H2O/c12-9(13)2-1-8-7-10-3-5-11(8)6-4-10;/h8H,1-7H2,(H,12,13);1H2. The van der Waals surface area contributed by atoms with Crippen molar-refractivity contribution in [2.45, 2.75) is 18.9 Å². The zero-order chi connectivity index (χ0) is 9.26. The fourth-order valence-corrected chi connectivity index (χ4v) is 2.29. The van der Waals surface area contributed by atoms with E-state index in [-0.39, 0.29) is 5.48 Å². The molecule has 5 heteroatoms. The molecule has 3 heterocycles. The molecule has 0 aromatic heterocycles. The van der Waals surface area contributed by atoms with Crippen LogP contribution in [0.2, 0.25) is 0 Å². The number of fused-ring (bicyclic) bond motifs is 3. The first-order chi connectivity index (χ1) is 6.25. The maximum atomic E-state index is 10.4. The Morgan fingerprint density at radius 2 is 1.93 bits per heavy atom. The summed E-state index contributed by atoms with van der Waals surface area (Å²) in [5.74, 6) is -0.669. The Bertz CT molecular complexity index is 202. The third-order valence-corrected chi connectivity index (χ3v) is 3.08. The van der Waals surface area contributed by atoms with Crippen LogP contribution in [0.4, 0.5) is 0 Å². The summed E-state index contributed by atoms with van der Waals surface area (Å²) in [6.07, 6.45) is 1.13. The SMILES string of the molecule is O.O=C(O)CCC1CN2CCN1CC2. The summed E-state index contributed by atoms with van der Waals surface area (Å²) < 4.78 is 0. The molecule has 1 atom stereocenters. The Morgan fingerprint density at radius 3 is 2.36 bits per heavy atom. The molecule has 0 saturated carbocycles. The van der Waals surface area contributed by atoms with Gasteiger partial charge in [0.2, 0.25) is 0 Å². The molecule has 3 fully saturated rings. The van der Waals surface area contributed by atoms with Crippen molar-refractivity contribution in [2.75, 3.05) is 32.7 Å². The van der Waals surface area contributed by atoms with E-state index in [2.05, 4.69) is 9.80 Å². The highest BCUT2D eigenvalue weighted by Crippen LogP contribution is 2.18. The van der Waals surface area contributed by atoms with Crippen LogP contribution in [0.1, 0.15) is 12.8 Å². The molecule has 5 nitrogen and oxygen atoms in total. The average molecular weight is 202 g/mol. The number of carbonyl (C=O) groups is 1. The van der Waals surface area contributed by atoms with E-state index in [0.717, 1.165) is 26.1 Å². The highest BCUT2D eigenvalue weighted by Gasteiger charge is 2.31. The quantitative estimate of drug-likeness (QED) is 0.638. The van der Waals surface area contributed by atoms with E-state index >= 15 is 0 Å². The van der Waals surface area contributed by atoms with Gasteiger partial charge in [0, 0.05) is 45.2 Å². The number of carboxylic acid groups (broad SMARTS) is 1. The first-order valence-electron chi connectivity index (χ1n) is 4.94. The van der Waals surface area contributed by atoms with Crippen molar-refractivity contribution >= 4 is 5.97 Å². The summed E-state index contributed by atoms with van der Waals surface area (Å²) in [6, 6.07) is 0.499. The molecule has 0 aromatic carbocycles. The molecule has 0 aromatic rings. The van der Waals surface area contributed by atoms with E-state index in [1.54, 1.807) is 0 Å². The van der Waals surface area contributed by atoms with E-state index in [4.69, 9.17) is 5.11 Å². The van der Waals surface area contributed by atoms with Crippen LogP contribution in [0.5, 0.6) is 0 Å². The van der Waals surface area contributed by atoms with Gasteiger partial charge in [-0.25, -0.2) is 0 Å². The van der Waals surface area contributed by atoms with Crippen molar-refractivity contribution in [3.63, 3.8) is 0 Å². The topological polar surface area (TPSA) is 75.3 Å². The van der Waals surface area contributed by atoms with Gasteiger partial charge in [-0.05, 0) is 6.42 Å². The number of hydrogen-bond donors (Lipinski definition) is 1. The van der Waals surface area contributed by atoms with Crippen molar-refractivity contribution < 1.29 is 15.4 Å². The third kappa shape index (κ3) is 2.43. The summed E-state index contributed by atoms with van der Waals surface area (Å²) in [7, 11) is 0. The summed E-state index contributed by atoms with van der Waals surface area (Å²) in [5, 5.41) is 8.58. The number of hydrogen-bond acceptors (Lipinski definition) is 3. The fraction of sp³-hybridized carbons (Fsp3) is 0.889. The molecule has 3 N–H and O–H groups in total. The third-order valence-electron chi connectivity index (χ3n) is 3.08. The Hall–Kier alpha value is -0.650. The molecule has 2 bridgehead atoms. The Morgan fingerprint density at radius 1 is 1.29 bits per heavy atom. The second kappa shape index (κ2) is 4.72. The van der Waals surface area contributed by atoms with Crippen LogP contribution in [-0.4, -0.2) is 65.1 Å². The molecule has 0 amide bonds. The van der Waals surface area contributed by atoms with E-state index < -0.39 is 5.97 Å². The number of piperazine rings is 3. The van der Waals surface area contributed by atoms with Gasteiger partial charge in [-0.15, -0.1) is 0 Å². The van der Waals surface area contributed by atoms with Gasteiger partial charge in [0.05, 0.1) is 0 Å². The summed E-state index contributed by atoms with van der Waals surface area (Å²) in [5.41, 5.74) is 0. The van der Waals surface area contributed by atoms with Crippen LogP contribution in [0.3, 0.4) is 0 Å². The highest BCUT2D eigenvalue weighted by molar-refractivity contribution is 5.66. The van der Waals surface area contributed by atoms with Crippen LogP contribution in [-0.2, 0) is 4.79 Å². The van der Waals surface area contributed by atoms with Crippen molar-refractivity contribution in [3.8, 4) is 0 Å². The first-order valence-corrected chi connectivity index (χ1v) is 4.94. The number of aliphatic carboxylic acids is 1. The largest absolute Gasteiger partial charge is 0.481 e. The van der Waals surface area contributed by atoms with Gasteiger partial charge in [0.15, 0.2) is 0 Å². The molecular weight excluding hydrogens is 184 g/mol. The second-order valence-corrected chi connectivity index (χ2v) is 3.92. The summed E-state index contributed by atoms with van der Waals surface area (Å²) >= 11 is 0. The van der Waals surface area contributed by atoms with Crippen LogP contribution in [0.15, 0.2) is 0 Å². The summed E-state index contributed by atoms with van der Waals surface area (Å²) in [4.78, 5) is 15.3. The van der Waals surface area contributed by atoms with Gasteiger partial charge in [-0.1, -0.05) is 0 Å². The lowest BCUT2D eigenvalue weighted by Gasteiger charge is -2.47. The van der Waals surface area contributed by atoms with Crippen LogP contribution in [0.25, 0.3) is 0 Å². The van der Waals surface area contributed by atoms with Gasteiger partial charge in [0.1, 0.15) is 0 Å². The lowest BCUT2D eigenvalue weighted by Crippen LogP contribution is -2.60.